The number of anilines is 4. The molecule has 4 rings (SSSR count). The highest BCUT2D eigenvalue weighted by atomic mass is 79.9. The normalized spacial score (nSPS) is 17.9. The fourth-order valence-corrected chi connectivity index (χ4v) is 4.20. The Morgan fingerprint density at radius 1 is 1.20 bits per heavy atom. The number of carbonyl (C=O) groups is 3. The van der Waals surface area contributed by atoms with E-state index in [0.717, 1.165) is 25.1 Å². The molecule has 35 heavy (non-hydrogen) atoms. The lowest BCUT2D eigenvalue weighted by molar-refractivity contribution is -0.135. The van der Waals surface area contributed by atoms with Crippen molar-refractivity contribution in [3.8, 4) is 0 Å². The topological polar surface area (TPSA) is 163 Å². The predicted octanol–water partition coefficient (Wildman–Crippen LogP) is 1.86. The fraction of sp³-hybridized carbons (Fsp3) is 0.435. The van der Waals surface area contributed by atoms with Gasteiger partial charge in [0.2, 0.25) is 23.7 Å². The molecule has 1 aliphatic carbocycles. The SMILES string of the molecule is NC(=O)C1(C(=O)NCCCNc2nc(Nc3cccc(NC(=O)C4CCCN4)c3)ncc2Br)CC1. The Balaban J connectivity index is 1.27. The molecule has 2 aliphatic rings. The molecular formula is C23H29BrN8O3. The van der Waals surface area contributed by atoms with Crippen LogP contribution in [0.4, 0.5) is 23.1 Å². The van der Waals surface area contributed by atoms with Crippen molar-refractivity contribution in [1.82, 2.24) is 20.6 Å². The van der Waals surface area contributed by atoms with Gasteiger partial charge in [0, 0.05) is 30.7 Å². The van der Waals surface area contributed by atoms with Crippen molar-refractivity contribution in [2.75, 3.05) is 35.6 Å². The molecule has 11 nitrogen and oxygen atoms in total. The maximum Gasteiger partial charge on any atom is 0.241 e. The smallest absolute Gasteiger partial charge is 0.241 e. The van der Waals surface area contributed by atoms with Crippen LogP contribution in [0.5, 0.6) is 0 Å². The van der Waals surface area contributed by atoms with Gasteiger partial charge in [0.25, 0.3) is 0 Å². The van der Waals surface area contributed by atoms with Gasteiger partial charge >= 0.3 is 0 Å². The van der Waals surface area contributed by atoms with Crippen LogP contribution >= 0.6 is 15.9 Å². The number of carbonyl (C=O) groups excluding carboxylic acids is 3. The summed E-state index contributed by atoms with van der Waals surface area (Å²) < 4.78 is 0.697. The van der Waals surface area contributed by atoms with E-state index in [1.54, 1.807) is 6.20 Å². The van der Waals surface area contributed by atoms with E-state index >= 15 is 0 Å². The van der Waals surface area contributed by atoms with Gasteiger partial charge in [0.15, 0.2) is 0 Å². The zero-order valence-electron chi connectivity index (χ0n) is 19.2. The van der Waals surface area contributed by atoms with Crippen molar-refractivity contribution >= 4 is 56.8 Å². The van der Waals surface area contributed by atoms with E-state index in [2.05, 4.69) is 52.5 Å². The van der Waals surface area contributed by atoms with E-state index in [0.29, 0.717) is 54.3 Å². The summed E-state index contributed by atoms with van der Waals surface area (Å²) >= 11 is 3.44. The van der Waals surface area contributed by atoms with E-state index in [-0.39, 0.29) is 17.9 Å². The fourth-order valence-electron chi connectivity index (χ4n) is 3.87. The third kappa shape index (κ3) is 6.25. The highest BCUT2D eigenvalue weighted by molar-refractivity contribution is 9.10. The van der Waals surface area contributed by atoms with Crippen LogP contribution in [-0.2, 0) is 14.4 Å². The Bertz CT molecular complexity index is 1100. The first kappa shape index (κ1) is 24.9. The molecule has 1 saturated carbocycles. The number of nitrogens with one attached hydrogen (secondary N) is 5. The van der Waals surface area contributed by atoms with Crippen LogP contribution in [0.1, 0.15) is 32.1 Å². The molecule has 1 aromatic heterocycles. The van der Waals surface area contributed by atoms with Gasteiger partial charge in [-0.3, -0.25) is 14.4 Å². The van der Waals surface area contributed by atoms with E-state index < -0.39 is 11.3 Å². The molecule has 1 aliphatic heterocycles. The summed E-state index contributed by atoms with van der Waals surface area (Å²) in [6.45, 7) is 1.83. The highest BCUT2D eigenvalue weighted by Gasteiger charge is 2.55. The van der Waals surface area contributed by atoms with Gasteiger partial charge in [-0.05, 0) is 72.8 Å². The summed E-state index contributed by atoms with van der Waals surface area (Å²) in [6.07, 6.45) is 5.15. The van der Waals surface area contributed by atoms with Crippen LogP contribution in [0.25, 0.3) is 0 Å². The number of hydrogen-bond donors (Lipinski definition) is 6. The largest absolute Gasteiger partial charge is 0.369 e. The standard InChI is InChI=1S/C23H29BrN8O3/c24-16-13-29-22(31-15-5-1-4-14(12-15)30-19(33)17-6-2-9-26-17)32-18(16)27-10-3-11-28-21(35)23(7-8-23)20(25)34/h1,4-5,12-13,17,26H,2-3,6-11H2,(H2,25,34)(H,28,35)(H,30,33)(H2,27,29,31,32). The predicted molar refractivity (Wildman–Crippen MR) is 136 cm³/mol. The number of aromatic nitrogens is 2. The molecule has 12 heteroatoms. The first-order chi connectivity index (χ1) is 16.9. The van der Waals surface area contributed by atoms with E-state index in [4.69, 9.17) is 5.73 Å². The number of hydrogen-bond acceptors (Lipinski definition) is 8. The minimum absolute atomic E-state index is 0.0378. The van der Waals surface area contributed by atoms with E-state index in [1.807, 2.05) is 24.3 Å². The van der Waals surface area contributed by atoms with Crippen LogP contribution in [0.15, 0.2) is 34.9 Å². The summed E-state index contributed by atoms with van der Waals surface area (Å²) in [6, 6.07) is 7.22. The summed E-state index contributed by atoms with van der Waals surface area (Å²) in [5.41, 5.74) is 5.75. The maximum atomic E-state index is 12.4. The molecule has 7 N–H and O–H groups in total. The Hall–Kier alpha value is -3.25. The van der Waals surface area contributed by atoms with E-state index in [9.17, 15) is 14.4 Å². The molecule has 1 saturated heterocycles. The zero-order chi connectivity index (χ0) is 24.8. The molecule has 0 spiro atoms. The van der Waals surface area contributed by atoms with Gasteiger partial charge in [-0.1, -0.05) is 6.07 Å². The van der Waals surface area contributed by atoms with Gasteiger partial charge in [-0.2, -0.15) is 4.98 Å². The molecule has 1 aromatic carbocycles. The first-order valence-corrected chi connectivity index (χ1v) is 12.4. The summed E-state index contributed by atoms with van der Waals surface area (Å²) in [5.74, 6) is 0.0991. The number of nitrogens with zero attached hydrogens (tertiary/aromatic N) is 2. The number of benzene rings is 1. The molecule has 0 radical (unpaired) electrons. The van der Waals surface area contributed by atoms with Gasteiger partial charge in [-0.25, -0.2) is 4.98 Å². The van der Waals surface area contributed by atoms with Gasteiger partial charge in [-0.15, -0.1) is 0 Å². The maximum absolute atomic E-state index is 12.4. The Morgan fingerprint density at radius 3 is 2.71 bits per heavy atom. The molecule has 0 bridgehead atoms. The van der Waals surface area contributed by atoms with Gasteiger partial charge in [0.1, 0.15) is 11.2 Å². The molecular weight excluding hydrogens is 516 g/mol. The average Bonchev–Trinajstić information content (AvgIpc) is 3.48. The first-order valence-electron chi connectivity index (χ1n) is 11.6. The van der Waals surface area contributed by atoms with Crippen LogP contribution in [0.3, 0.4) is 0 Å². The van der Waals surface area contributed by atoms with Crippen molar-refractivity contribution < 1.29 is 14.4 Å². The Kier molecular flexibility index (Phi) is 7.81. The Labute approximate surface area is 211 Å². The molecule has 3 amide bonds. The van der Waals surface area contributed by atoms with Crippen molar-refractivity contribution in [3.05, 3.63) is 34.9 Å². The van der Waals surface area contributed by atoms with E-state index in [1.165, 1.54) is 0 Å². The second kappa shape index (κ2) is 11.0. The number of primary amides is 1. The summed E-state index contributed by atoms with van der Waals surface area (Å²) in [4.78, 5) is 44.7. The van der Waals surface area contributed by atoms with Crippen LogP contribution < -0.4 is 32.3 Å². The lowest BCUT2D eigenvalue weighted by Crippen LogP contribution is -2.41. The van der Waals surface area contributed by atoms with Crippen molar-refractivity contribution in [2.45, 2.75) is 38.1 Å². The van der Waals surface area contributed by atoms with Crippen LogP contribution in [0, 0.1) is 5.41 Å². The second-order valence-electron chi connectivity index (χ2n) is 8.72. The molecule has 2 aromatic rings. The molecule has 2 heterocycles. The zero-order valence-corrected chi connectivity index (χ0v) is 20.8. The Morgan fingerprint density at radius 2 is 2.00 bits per heavy atom. The summed E-state index contributed by atoms with van der Waals surface area (Å²) in [5, 5.41) is 15.3. The molecule has 1 atom stereocenters. The van der Waals surface area contributed by atoms with Crippen molar-refractivity contribution in [2.24, 2.45) is 11.1 Å². The minimum Gasteiger partial charge on any atom is -0.369 e. The quantitative estimate of drug-likeness (QED) is 0.184. The van der Waals surface area contributed by atoms with Crippen LogP contribution in [-0.4, -0.2) is 53.4 Å². The monoisotopic (exact) mass is 544 g/mol. The van der Waals surface area contributed by atoms with Gasteiger partial charge < -0.3 is 32.3 Å². The number of nitrogens with two attached hydrogens (primary N) is 1. The van der Waals surface area contributed by atoms with Crippen molar-refractivity contribution in [3.63, 3.8) is 0 Å². The average molecular weight is 545 g/mol. The molecule has 186 valence electrons. The number of rotatable bonds is 11. The lowest BCUT2D eigenvalue weighted by atomic mass is 10.1. The van der Waals surface area contributed by atoms with Gasteiger partial charge in [0.05, 0.1) is 10.5 Å². The van der Waals surface area contributed by atoms with Crippen LogP contribution in [0.2, 0.25) is 0 Å². The number of amides is 3. The second-order valence-corrected chi connectivity index (χ2v) is 9.57. The lowest BCUT2D eigenvalue weighted by Gasteiger charge is -2.13. The molecule has 2 fully saturated rings. The number of halogens is 1. The molecule has 1 unspecified atom stereocenters. The third-order valence-electron chi connectivity index (χ3n) is 6.10. The van der Waals surface area contributed by atoms with Crippen molar-refractivity contribution in [1.29, 1.82) is 0 Å². The minimum atomic E-state index is -1.00. The third-order valence-corrected chi connectivity index (χ3v) is 6.68. The summed E-state index contributed by atoms with van der Waals surface area (Å²) in [7, 11) is 0. The highest BCUT2D eigenvalue weighted by Crippen LogP contribution is 2.45.